The fourth-order valence-electron chi connectivity index (χ4n) is 3.23. The van der Waals surface area contributed by atoms with Gasteiger partial charge in [-0.25, -0.2) is 0 Å². The summed E-state index contributed by atoms with van der Waals surface area (Å²) < 4.78 is 0. The van der Waals surface area contributed by atoms with E-state index < -0.39 is 0 Å². The molecule has 0 aromatic rings. The average molecular weight is 255 g/mol. The Hall–Kier alpha value is -0.120. The monoisotopic (exact) mass is 255 g/mol. The smallest absolute Gasteiger partial charge is 0.0125 e. The van der Waals surface area contributed by atoms with E-state index in [1.54, 1.807) is 0 Å². The normalized spacial score (nSPS) is 26.7. The average Bonchev–Trinajstić information content (AvgIpc) is 2.32. The Labute approximate surface area is 114 Å². The van der Waals surface area contributed by atoms with Crippen molar-refractivity contribution in [2.24, 2.45) is 0 Å². The van der Waals surface area contributed by atoms with Gasteiger partial charge in [-0.3, -0.25) is 4.90 Å². The van der Waals surface area contributed by atoms with Gasteiger partial charge < -0.3 is 10.2 Å². The molecule has 0 radical (unpaired) electrons. The molecule has 0 saturated carbocycles. The topological polar surface area (TPSA) is 18.5 Å². The van der Waals surface area contributed by atoms with Crippen molar-refractivity contribution < 1.29 is 1.43 Å². The molecule has 2 saturated heterocycles. The first kappa shape index (κ1) is 14.3. The molecular weight excluding hydrogens is 222 g/mol. The molecule has 0 aliphatic carbocycles. The zero-order valence-corrected chi connectivity index (χ0v) is 12.7. The second-order valence-corrected chi connectivity index (χ2v) is 7.18. The highest BCUT2D eigenvalue weighted by molar-refractivity contribution is 4.87. The molecule has 2 aliphatic rings. The van der Waals surface area contributed by atoms with Crippen LogP contribution >= 0.6 is 0 Å². The Kier molecular flexibility index (Phi) is 4.68. The van der Waals surface area contributed by atoms with Crippen LogP contribution in [-0.2, 0) is 0 Å². The van der Waals surface area contributed by atoms with Crippen molar-refractivity contribution in [3.05, 3.63) is 0 Å². The van der Waals surface area contributed by atoms with Crippen LogP contribution in [0.5, 0.6) is 0 Å². The lowest BCUT2D eigenvalue weighted by atomic mass is 9.96. The summed E-state index contributed by atoms with van der Waals surface area (Å²) in [4.78, 5) is 5.07. The van der Waals surface area contributed by atoms with Gasteiger partial charge in [-0.15, -0.1) is 0 Å². The lowest BCUT2D eigenvalue weighted by Gasteiger charge is -2.42. The van der Waals surface area contributed by atoms with Crippen molar-refractivity contribution in [1.29, 1.82) is 0 Å². The predicted octanol–water partition coefficient (Wildman–Crippen LogP) is 2.18. The maximum Gasteiger partial charge on any atom is 0.0125 e. The maximum absolute atomic E-state index is 3.90. The van der Waals surface area contributed by atoms with E-state index in [2.05, 4.69) is 42.9 Å². The molecular formula is C15H33N3. The zero-order chi connectivity index (χ0) is 13.2. The molecule has 2 aliphatic heterocycles. The Morgan fingerprint density at radius 3 is 1.78 bits per heavy atom. The number of nitrogens with zero attached hydrogens (tertiary/aromatic N) is 2. The third-order valence-electron chi connectivity index (χ3n) is 4.63. The number of piperidine rings is 2. The third kappa shape index (κ3) is 3.94. The van der Waals surface area contributed by atoms with Gasteiger partial charge >= 0.3 is 0 Å². The molecule has 2 heterocycles. The van der Waals surface area contributed by atoms with Crippen LogP contribution in [0.4, 0.5) is 0 Å². The fourth-order valence-corrected chi connectivity index (χ4v) is 3.23. The highest BCUT2D eigenvalue weighted by atomic mass is 15.2. The van der Waals surface area contributed by atoms with Crippen LogP contribution in [0.2, 0.25) is 0 Å². The largest absolute Gasteiger partial charge is 0.311 e. The second-order valence-electron chi connectivity index (χ2n) is 7.18. The Morgan fingerprint density at radius 1 is 0.889 bits per heavy atom. The van der Waals surface area contributed by atoms with E-state index in [0.29, 0.717) is 5.54 Å². The van der Waals surface area contributed by atoms with Gasteiger partial charge in [0, 0.05) is 32.1 Å². The molecule has 2 fully saturated rings. The minimum absolute atomic E-state index is 0. The summed E-state index contributed by atoms with van der Waals surface area (Å²) in [7, 11) is 2.23. The first-order chi connectivity index (χ1) is 8.45. The standard InChI is InChI=1S/C15H31N3.H2/c1-15(2,3)18-11-7-14(8-12-18)16-13-5-9-17(4)10-6-13;/h13-14,16H,5-12H2,1-4H3;1H. The highest BCUT2D eigenvalue weighted by Crippen LogP contribution is 2.21. The van der Waals surface area contributed by atoms with Crippen LogP contribution in [0, 0.1) is 0 Å². The molecule has 18 heavy (non-hydrogen) atoms. The Balaban J connectivity index is 0.00000180. The molecule has 0 atom stereocenters. The number of likely N-dealkylation sites (tertiary alicyclic amines) is 2. The summed E-state index contributed by atoms with van der Waals surface area (Å²) in [5.41, 5.74) is 0.346. The van der Waals surface area contributed by atoms with Crippen molar-refractivity contribution in [2.45, 2.75) is 64.1 Å². The van der Waals surface area contributed by atoms with E-state index in [9.17, 15) is 0 Å². The van der Waals surface area contributed by atoms with E-state index in [0.717, 1.165) is 12.1 Å². The Morgan fingerprint density at radius 2 is 1.33 bits per heavy atom. The summed E-state index contributed by atoms with van der Waals surface area (Å²) in [5, 5.41) is 3.90. The van der Waals surface area contributed by atoms with Crippen LogP contribution < -0.4 is 5.32 Å². The van der Waals surface area contributed by atoms with Crippen LogP contribution in [0.1, 0.15) is 47.9 Å². The molecule has 0 amide bonds. The van der Waals surface area contributed by atoms with E-state index >= 15 is 0 Å². The number of hydrogen-bond donors (Lipinski definition) is 1. The molecule has 0 aromatic heterocycles. The Bertz CT molecular complexity index is 249. The van der Waals surface area contributed by atoms with Gasteiger partial charge in [0.25, 0.3) is 0 Å². The summed E-state index contributed by atoms with van der Waals surface area (Å²) >= 11 is 0. The van der Waals surface area contributed by atoms with Gasteiger partial charge in [0.05, 0.1) is 0 Å². The minimum atomic E-state index is 0. The first-order valence-electron chi connectivity index (χ1n) is 7.65. The van der Waals surface area contributed by atoms with Crippen LogP contribution in [-0.4, -0.2) is 60.6 Å². The van der Waals surface area contributed by atoms with Gasteiger partial charge in [0.2, 0.25) is 0 Å². The lowest BCUT2D eigenvalue weighted by molar-refractivity contribution is 0.0904. The first-order valence-corrected chi connectivity index (χ1v) is 7.65. The summed E-state index contributed by atoms with van der Waals surface area (Å²) in [6.45, 7) is 12.0. The van der Waals surface area contributed by atoms with Gasteiger partial charge in [-0.2, -0.15) is 0 Å². The predicted molar refractivity (Wildman–Crippen MR) is 80.1 cm³/mol. The van der Waals surface area contributed by atoms with E-state index in [4.69, 9.17) is 0 Å². The number of nitrogens with one attached hydrogen (secondary N) is 1. The van der Waals surface area contributed by atoms with Crippen molar-refractivity contribution >= 4 is 0 Å². The highest BCUT2D eigenvalue weighted by Gasteiger charge is 2.28. The molecule has 2 rings (SSSR count). The zero-order valence-electron chi connectivity index (χ0n) is 12.7. The number of rotatable bonds is 2. The second kappa shape index (κ2) is 5.89. The van der Waals surface area contributed by atoms with Crippen LogP contribution in [0.25, 0.3) is 0 Å². The lowest BCUT2D eigenvalue weighted by Crippen LogP contribution is -2.52. The van der Waals surface area contributed by atoms with Crippen molar-refractivity contribution in [1.82, 2.24) is 15.1 Å². The van der Waals surface area contributed by atoms with E-state index in [-0.39, 0.29) is 1.43 Å². The summed E-state index contributed by atoms with van der Waals surface area (Å²) in [5.74, 6) is 0. The van der Waals surface area contributed by atoms with E-state index in [1.165, 1.54) is 51.9 Å². The minimum Gasteiger partial charge on any atom is -0.311 e. The van der Waals surface area contributed by atoms with Crippen molar-refractivity contribution in [3.8, 4) is 0 Å². The van der Waals surface area contributed by atoms with Crippen LogP contribution in [0.3, 0.4) is 0 Å². The molecule has 3 nitrogen and oxygen atoms in total. The molecule has 108 valence electrons. The molecule has 3 heteroatoms. The van der Waals surface area contributed by atoms with Gasteiger partial charge in [0.1, 0.15) is 0 Å². The van der Waals surface area contributed by atoms with Crippen molar-refractivity contribution in [3.63, 3.8) is 0 Å². The molecule has 0 unspecified atom stereocenters. The van der Waals surface area contributed by atoms with Crippen molar-refractivity contribution in [2.75, 3.05) is 33.2 Å². The fraction of sp³-hybridized carbons (Fsp3) is 1.00. The summed E-state index contributed by atoms with van der Waals surface area (Å²) in [6, 6.07) is 1.53. The van der Waals surface area contributed by atoms with Gasteiger partial charge in [-0.1, -0.05) is 0 Å². The van der Waals surface area contributed by atoms with Gasteiger partial charge in [0.15, 0.2) is 0 Å². The van der Waals surface area contributed by atoms with E-state index in [1.807, 2.05) is 0 Å². The quantitative estimate of drug-likeness (QED) is 0.816. The van der Waals surface area contributed by atoms with Crippen LogP contribution in [0.15, 0.2) is 0 Å². The molecule has 0 bridgehead atoms. The number of hydrogen-bond acceptors (Lipinski definition) is 3. The summed E-state index contributed by atoms with van der Waals surface area (Å²) in [6.07, 6.45) is 5.30. The SMILES string of the molecule is CN1CCC(NC2CCN(C(C)(C)C)CC2)CC1.[HH]. The molecule has 1 N–H and O–H groups in total. The maximum atomic E-state index is 3.90. The molecule has 0 spiro atoms. The molecule has 0 aromatic carbocycles. The third-order valence-corrected chi connectivity index (χ3v) is 4.63. The van der Waals surface area contributed by atoms with Gasteiger partial charge in [-0.05, 0) is 66.6 Å².